The van der Waals surface area contributed by atoms with Crippen LogP contribution in [0.1, 0.15) is 48.2 Å². The van der Waals surface area contributed by atoms with Gasteiger partial charge in [-0.1, -0.05) is 42.8 Å². The van der Waals surface area contributed by atoms with Crippen molar-refractivity contribution in [3.63, 3.8) is 0 Å². The molecule has 36 heavy (non-hydrogen) atoms. The number of halogens is 1. The molecule has 1 aliphatic heterocycles. The van der Waals surface area contributed by atoms with Crippen LogP contribution in [0.15, 0.2) is 60.7 Å². The molecule has 0 spiro atoms. The quantitative estimate of drug-likeness (QED) is 0.248. The Bertz CT molecular complexity index is 1370. The Morgan fingerprint density at radius 2 is 1.78 bits per heavy atom. The maximum atomic E-state index is 13.0. The fourth-order valence-electron chi connectivity index (χ4n) is 5.08. The summed E-state index contributed by atoms with van der Waals surface area (Å²) in [4.78, 5) is 19.9. The highest BCUT2D eigenvalue weighted by Crippen LogP contribution is 2.33. The van der Waals surface area contributed by atoms with Crippen LogP contribution in [0.25, 0.3) is 11.0 Å². The van der Waals surface area contributed by atoms with E-state index in [-0.39, 0.29) is 11.8 Å². The number of benzene rings is 3. The van der Waals surface area contributed by atoms with Crippen LogP contribution < -0.4 is 9.64 Å². The minimum atomic E-state index is 0.0539. The highest BCUT2D eigenvalue weighted by atomic mass is 35.5. The maximum absolute atomic E-state index is 13.0. The van der Waals surface area contributed by atoms with Gasteiger partial charge < -0.3 is 14.2 Å². The number of carbonyl (C=O) groups excluding carboxylic acids is 1. The molecule has 0 bridgehead atoms. The number of rotatable bonds is 8. The van der Waals surface area contributed by atoms with E-state index in [1.807, 2.05) is 49.1 Å². The number of ether oxygens (including phenoxy) is 1. The van der Waals surface area contributed by atoms with Crippen LogP contribution in [-0.4, -0.2) is 28.6 Å². The van der Waals surface area contributed by atoms with Gasteiger partial charge >= 0.3 is 0 Å². The predicted molar refractivity (Wildman–Crippen MR) is 146 cm³/mol. The van der Waals surface area contributed by atoms with Crippen molar-refractivity contribution >= 4 is 34.2 Å². The summed E-state index contributed by atoms with van der Waals surface area (Å²) in [5.74, 6) is 2.03. The molecule has 1 aromatic heterocycles. The average Bonchev–Trinajstić information content (AvgIpc) is 3.45. The number of hydrogen-bond acceptors (Lipinski definition) is 3. The molecule has 5 nitrogen and oxygen atoms in total. The smallest absolute Gasteiger partial charge is 0.227 e. The standard InChI is InChI=1S/C30H32ClN3O2/c1-4-22-10-12-24(13-11-22)34-19-23(18-28(34)35)30-32-26-8-5-6-9-27(26)33(30)14-7-15-36-25-16-20(2)29(31)21(3)17-25/h5-6,8-13,16-17,23H,4,7,14-15,18-19H2,1-3H3. The van der Waals surface area contributed by atoms with E-state index in [1.54, 1.807) is 0 Å². The first-order valence-electron chi connectivity index (χ1n) is 12.7. The Morgan fingerprint density at radius 3 is 2.50 bits per heavy atom. The third kappa shape index (κ3) is 4.85. The first-order chi connectivity index (χ1) is 17.4. The molecule has 1 unspecified atom stereocenters. The van der Waals surface area contributed by atoms with Gasteiger partial charge in [-0.3, -0.25) is 4.79 Å². The van der Waals surface area contributed by atoms with Gasteiger partial charge in [-0.15, -0.1) is 0 Å². The second kappa shape index (κ2) is 10.4. The van der Waals surface area contributed by atoms with Crippen LogP contribution in [0.2, 0.25) is 5.02 Å². The van der Waals surface area contributed by atoms with Gasteiger partial charge in [0.1, 0.15) is 11.6 Å². The van der Waals surface area contributed by atoms with Gasteiger partial charge in [-0.05, 0) is 79.8 Å². The summed E-state index contributed by atoms with van der Waals surface area (Å²) in [6.07, 6.45) is 2.29. The van der Waals surface area contributed by atoms with Crippen molar-refractivity contribution in [2.75, 3.05) is 18.1 Å². The number of fused-ring (bicyclic) bond motifs is 1. The lowest BCUT2D eigenvalue weighted by Crippen LogP contribution is -2.24. The zero-order valence-electron chi connectivity index (χ0n) is 21.1. The molecular formula is C30H32ClN3O2. The second-order valence-electron chi connectivity index (χ2n) is 9.61. The van der Waals surface area contributed by atoms with Crippen molar-refractivity contribution in [3.05, 3.63) is 88.2 Å². The van der Waals surface area contributed by atoms with Crippen LogP contribution in [-0.2, 0) is 17.8 Å². The van der Waals surface area contributed by atoms with E-state index in [0.29, 0.717) is 19.6 Å². The summed E-state index contributed by atoms with van der Waals surface area (Å²) in [6.45, 7) is 8.14. The van der Waals surface area contributed by atoms with Crippen LogP contribution in [0.3, 0.4) is 0 Å². The van der Waals surface area contributed by atoms with Gasteiger partial charge in [-0.25, -0.2) is 4.98 Å². The molecule has 0 N–H and O–H groups in total. The Kier molecular flexibility index (Phi) is 7.01. The van der Waals surface area contributed by atoms with Gasteiger partial charge in [0.15, 0.2) is 0 Å². The Balaban J connectivity index is 1.32. The number of hydrogen-bond donors (Lipinski definition) is 0. The van der Waals surface area contributed by atoms with Crippen molar-refractivity contribution in [2.24, 2.45) is 0 Å². The molecule has 4 aromatic rings. The number of aryl methyl sites for hydroxylation is 4. The van der Waals surface area contributed by atoms with Crippen LogP contribution in [0.5, 0.6) is 5.75 Å². The highest BCUT2D eigenvalue weighted by Gasteiger charge is 2.34. The lowest BCUT2D eigenvalue weighted by Gasteiger charge is -2.18. The van der Waals surface area contributed by atoms with Crippen LogP contribution in [0.4, 0.5) is 5.69 Å². The third-order valence-corrected chi connectivity index (χ3v) is 7.63. The van der Waals surface area contributed by atoms with Gasteiger partial charge in [-0.2, -0.15) is 0 Å². The summed E-state index contributed by atoms with van der Waals surface area (Å²) >= 11 is 6.29. The van der Waals surface area contributed by atoms with E-state index in [0.717, 1.165) is 63.8 Å². The van der Waals surface area contributed by atoms with Gasteiger partial charge in [0.25, 0.3) is 0 Å². The Hall–Kier alpha value is -3.31. The number of para-hydroxylation sites is 2. The molecular weight excluding hydrogens is 470 g/mol. The monoisotopic (exact) mass is 501 g/mol. The molecule has 1 aliphatic rings. The normalized spacial score (nSPS) is 15.7. The number of anilines is 1. The first kappa shape index (κ1) is 24.4. The number of carbonyl (C=O) groups is 1. The van der Waals surface area contributed by atoms with Crippen molar-refractivity contribution in [2.45, 2.75) is 52.5 Å². The average molecular weight is 502 g/mol. The van der Waals surface area contributed by atoms with E-state index in [1.165, 1.54) is 5.56 Å². The number of nitrogens with zero attached hydrogens (tertiary/aromatic N) is 3. The molecule has 1 amide bonds. The summed E-state index contributed by atoms with van der Waals surface area (Å²) < 4.78 is 8.33. The van der Waals surface area contributed by atoms with E-state index >= 15 is 0 Å². The van der Waals surface area contributed by atoms with Gasteiger partial charge in [0, 0.05) is 36.1 Å². The van der Waals surface area contributed by atoms with E-state index in [2.05, 4.69) is 41.8 Å². The molecule has 5 rings (SSSR count). The SMILES string of the molecule is CCc1ccc(N2CC(c3nc4ccccc4n3CCCOc3cc(C)c(Cl)c(C)c3)CC2=O)cc1. The number of aromatic nitrogens is 2. The molecule has 2 heterocycles. The van der Waals surface area contributed by atoms with E-state index in [9.17, 15) is 4.79 Å². The van der Waals surface area contributed by atoms with Crippen molar-refractivity contribution < 1.29 is 9.53 Å². The molecule has 186 valence electrons. The summed E-state index contributed by atoms with van der Waals surface area (Å²) in [5, 5.41) is 0.790. The molecule has 0 saturated carbocycles. The van der Waals surface area contributed by atoms with E-state index in [4.69, 9.17) is 21.3 Å². The zero-order chi connectivity index (χ0) is 25.2. The maximum Gasteiger partial charge on any atom is 0.227 e. The lowest BCUT2D eigenvalue weighted by molar-refractivity contribution is -0.117. The molecule has 3 aromatic carbocycles. The van der Waals surface area contributed by atoms with Gasteiger partial charge in [0.05, 0.1) is 17.6 Å². The third-order valence-electron chi connectivity index (χ3n) is 7.04. The summed E-state index contributed by atoms with van der Waals surface area (Å²) in [7, 11) is 0. The second-order valence-corrected chi connectivity index (χ2v) is 9.99. The Labute approximate surface area is 217 Å². The molecule has 1 atom stereocenters. The van der Waals surface area contributed by atoms with Crippen molar-refractivity contribution in [1.82, 2.24) is 9.55 Å². The van der Waals surface area contributed by atoms with E-state index < -0.39 is 0 Å². The largest absolute Gasteiger partial charge is 0.494 e. The first-order valence-corrected chi connectivity index (χ1v) is 13.1. The van der Waals surface area contributed by atoms with Crippen molar-refractivity contribution in [3.8, 4) is 5.75 Å². The molecule has 1 fully saturated rings. The van der Waals surface area contributed by atoms with Crippen LogP contribution >= 0.6 is 11.6 Å². The topological polar surface area (TPSA) is 47.4 Å². The predicted octanol–water partition coefficient (Wildman–Crippen LogP) is 6.86. The highest BCUT2D eigenvalue weighted by molar-refractivity contribution is 6.32. The molecule has 0 aliphatic carbocycles. The van der Waals surface area contributed by atoms with Crippen molar-refractivity contribution in [1.29, 1.82) is 0 Å². The fourth-order valence-corrected chi connectivity index (χ4v) is 5.19. The summed E-state index contributed by atoms with van der Waals surface area (Å²) in [6, 6.07) is 20.5. The minimum Gasteiger partial charge on any atom is -0.494 e. The van der Waals surface area contributed by atoms with Gasteiger partial charge in [0.2, 0.25) is 5.91 Å². The molecule has 1 saturated heterocycles. The molecule has 0 radical (unpaired) electrons. The van der Waals surface area contributed by atoms with Crippen LogP contribution in [0, 0.1) is 13.8 Å². The zero-order valence-corrected chi connectivity index (χ0v) is 21.9. The Morgan fingerprint density at radius 1 is 1.06 bits per heavy atom. The lowest BCUT2D eigenvalue weighted by atomic mass is 10.1. The molecule has 6 heteroatoms. The fraction of sp³-hybridized carbons (Fsp3) is 0.333. The number of amides is 1. The summed E-state index contributed by atoms with van der Waals surface area (Å²) in [5.41, 5.74) is 6.35. The minimum absolute atomic E-state index is 0.0539. The number of imidazole rings is 1.